The second-order valence-corrected chi connectivity index (χ2v) is 7.20. The van der Waals surface area contributed by atoms with Gasteiger partial charge in [-0.3, -0.25) is 0 Å². The van der Waals surface area contributed by atoms with Gasteiger partial charge in [-0.15, -0.1) is 0 Å². The molecule has 1 aliphatic heterocycles. The minimum absolute atomic E-state index is 0.191. The molecule has 1 aliphatic rings. The van der Waals surface area contributed by atoms with E-state index >= 15 is 0 Å². The van der Waals surface area contributed by atoms with Crippen LogP contribution in [0.25, 0.3) is 0 Å². The molecule has 25 heavy (non-hydrogen) atoms. The zero-order valence-corrected chi connectivity index (χ0v) is 15.2. The predicted octanol–water partition coefficient (Wildman–Crippen LogP) is 3.46. The van der Waals surface area contributed by atoms with Crippen LogP contribution in [0.4, 0.5) is 13.6 Å². The summed E-state index contributed by atoms with van der Waals surface area (Å²) in [6, 6.07) is 2.39. The number of amides is 1. The van der Waals surface area contributed by atoms with E-state index in [9.17, 15) is 13.6 Å². The number of hydrogen-bond donors (Lipinski definition) is 1. The zero-order valence-electron chi connectivity index (χ0n) is 15.2. The van der Waals surface area contributed by atoms with Crippen molar-refractivity contribution in [2.24, 2.45) is 0 Å². The molecule has 5 nitrogen and oxygen atoms in total. The molecule has 0 bridgehead atoms. The molecule has 1 aromatic rings. The van der Waals surface area contributed by atoms with Crippen LogP contribution in [0.15, 0.2) is 12.1 Å². The molecule has 2 rings (SSSR count). The van der Waals surface area contributed by atoms with E-state index in [0.717, 1.165) is 25.0 Å². The van der Waals surface area contributed by atoms with Gasteiger partial charge in [-0.1, -0.05) is 0 Å². The van der Waals surface area contributed by atoms with Crippen LogP contribution in [-0.4, -0.2) is 42.8 Å². The fraction of sp³-hybridized carbons (Fsp3) is 0.611. The molecule has 1 fully saturated rings. The Labute approximate surface area is 147 Å². The molecule has 0 spiro atoms. The molecule has 0 unspecified atom stereocenters. The average Bonchev–Trinajstić information content (AvgIpc) is 2.54. The molecular weight excluding hydrogens is 330 g/mol. The van der Waals surface area contributed by atoms with Gasteiger partial charge in [-0.25, -0.2) is 13.6 Å². The molecule has 0 aliphatic carbocycles. The lowest BCUT2D eigenvalue weighted by Crippen LogP contribution is -2.46. The fourth-order valence-corrected chi connectivity index (χ4v) is 2.74. The number of halogens is 2. The van der Waals surface area contributed by atoms with Crippen LogP contribution in [0.1, 0.15) is 39.2 Å². The number of piperidine rings is 1. The van der Waals surface area contributed by atoms with Gasteiger partial charge in [0.15, 0.2) is 11.6 Å². The van der Waals surface area contributed by atoms with Gasteiger partial charge in [-0.2, -0.15) is 0 Å². The molecule has 1 amide bonds. The lowest BCUT2D eigenvalue weighted by atomic mass is 10.0. The smallest absolute Gasteiger partial charge is 0.410 e. The van der Waals surface area contributed by atoms with Gasteiger partial charge in [0.25, 0.3) is 0 Å². The first-order valence-corrected chi connectivity index (χ1v) is 8.43. The van der Waals surface area contributed by atoms with E-state index in [2.05, 4.69) is 5.32 Å². The monoisotopic (exact) mass is 356 g/mol. The van der Waals surface area contributed by atoms with E-state index in [-0.39, 0.29) is 12.1 Å². The summed E-state index contributed by atoms with van der Waals surface area (Å²) in [4.78, 5) is 13.7. The predicted molar refractivity (Wildman–Crippen MR) is 90.6 cm³/mol. The molecule has 1 saturated heterocycles. The number of carbonyl (C=O) groups is 1. The second-order valence-electron chi connectivity index (χ2n) is 7.20. The van der Waals surface area contributed by atoms with Crippen molar-refractivity contribution in [3.8, 4) is 5.75 Å². The van der Waals surface area contributed by atoms with Crippen LogP contribution in [0.5, 0.6) is 5.75 Å². The van der Waals surface area contributed by atoms with Crippen molar-refractivity contribution in [2.45, 2.75) is 51.8 Å². The molecule has 0 atom stereocenters. The minimum Gasteiger partial charge on any atom is -0.496 e. The van der Waals surface area contributed by atoms with Crippen LogP contribution in [0.2, 0.25) is 0 Å². The summed E-state index contributed by atoms with van der Waals surface area (Å²) in [6.45, 7) is 7.09. The number of nitrogens with one attached hydrogen (secondary N) is 1. The number of methoxy groups -OCH3 is 1. The van der Waals surface area contributed by atoms with E-state index in [0.29, 0.717) is 30.9 Å². The van der Waals surface area contributed by atoms with Crippen LogP contribution < -0.4 is 10.1 Å². The van der Waals surface area contributed by atoms with E-state index in [1.807, 2.05) is 20.8 Å². The van der Waals surface area contributed by atoms with Crippen molar-refractivity contribution in [1.82, 2.24) is 10.2 Å². The lowest BCUT2D eigenvalue weighted by molar-refractivity contribution is 0.0198. The van der Waals surface area contributed by atoms with Gasteiger partial charge in [0, 0.05) is 37.3 Å². The summed E-state index contributed by atoms with van der Waals surface area (Å²) in [6.07, 6.45) is 1.24. The summed E-state index contributed by atoms with van der Waals surface area (Å²) in [5, 5.41) is 3.32. The number of carbonyl (C=O) groups excluding carboxylic acids is 1. The Balaban J connectivity index is 1.85. The van der Waals surface area contributed by atoms with E-state index in [4.69, 9.17) is 9.47 Å². The van der Waals surface area contributed by atoms with Gasteiger partial charge in [0.2, 0.25) is 0 Å². The highest BCUT2D eigenvalue weighted by Gasteiger charge is 2.26. The van der Waals surface area contributed by atoms with Gasteiger partial charge in [0.1, 0.15) is 11.4 Å². The molecule has 140 valence electrons. The number of ether oxygens (including phenoxy) is 2. The van der Waals surface area contributed by atoms with Crippen molar-refractivity contribution in [2.75, 3.05) is 20.2 Å². The Kier molecular flexibility index (Phi) is 6.21. The Bertz CT molecular complexity index is 609. The van der Waals surface area contributed by atoms with Gasteiger partial charge in [0.05, 0.1) is 7.11 Å². The highest BCUT2D eigenvalue weighted by molar-refractivity contribution is 5.68. The Morgan fingerprint density at radius 1 is 1.24 bits per heavy atom. The maximum absolute atomic E-state index is 13.4. The first-order chi connectivity index (χ1) is 11.7. The normalized spacial score (nSPS) is 16.0. The number of nitrogens with zero attached hydrogens (tertiary/aromatic N) is 1. The van der Waals surface area contributed by atoms with Crippen molar-refractivity contribution in [1.29, 1.82) is 0 Å². The Morgan fingerprint density at radius 2 is 1.84 bits per heavy atom. The van der Waals surface area contributed by atoms with Crippen molar-refractivity contribution < 1.29 is 23.0 Å². The summed E-state index contributed by atoms with van der Waals surface area (Å²) < 4.78 is 37.1. The fourth-order valence-electron chi connectivity index (χ4n) is 2.74. The third-order valence-electron chi connectivity index (χ3n) is 4.05. The summed E-state index contributed by atoms with van der Waals surface area (Å²) in [7, 11) is 1.43. The maximum Gasteiger partial charge on any atom is 0.410 e. The van der Waals surface area contributed by atoms with E-state index < -0.39 is 17.2 Å². The number of benzene rings is 1. The molecule has 0 aromatic heterocycles. The summed E-state index contributed by atoms with van der Waals surface area (Å²) >= 11 is 0. The molecule has 1 N–H and O–H groups in total. The highest BCUT2D eigenvalue weighted by Crippen LogP contribution is 2.23. The van der Waals surface area contributed by atoms with E-state index in [1.165, 1.54) is 7.11 Å². The first kappa shape index (κ1) is 19.4. The SMILES string of the molecule is COc1cc(F)c(F)cc1CNC1CCN(C(=O)OC(C)(C)C)CC1. The quantitative estimate of drug-likeness (QED) is 0.898. The largest absolute Gasteiger partial charge is 0.496 e. The third kappa shape index (κ3) is 5.56. The van der Waals surface area contributed by atoms with Gasteiger partial charge >= 0.3 is 6.09 Å². The second kappa shape index (κ2) is 7.99. The first-order valence-electron chi connectivity index (χ1n) is 8.43. The van der Waals surface area contributed by atoms with E-state index in [1.54, 1.807) is 4.90 Å². The summed E-state index contributed by atoms with van der Waals surface area (Å²) in [5.74, 6) is -1.50. The molecule has 1 heterocycles. The summed E-state index contributed by atoms with van der Waals surface area (Å²) in [5.41, 5.74) is 0.0611. The molecule has 7 heteroatoms. The van der Waals surface area contributed by atoms with Crippen LogP contribution in [-0.2, 0) is 11.3 Å². The number of hydrogen-bond acceptors (Lipinski definition) is 4. The minimum atomic E-state index is -0.925. The van der Waals surface area contributed by atoms with Crippen molar-refractivity contribution >= 4 is 6.09 Å². The maximum atomic E-state index is 13.4. The standard InChI is InChI=1S/C18H26F2N2O3/c1-18(2,3)25-17(23)22-7-5-13(6-8-22)21-11-12-9-14(19)15(20)10-16(12)24-4/h9-10,13,21H,5-8,11H2,1-4H3. The highest BCUT2D eigenvalue weighted by atomic mass is 19.2. The van der Waals surface area contributed by atoms with Crippen LogP contribution >= 0.6 is 0 Å². The van der Waals surface area contributed by atoms with Crippen molar-refractivity contribution in [3.05, 3.63) is 29.3 Å². The topological polar surface area (TPSA) is 50.8 Å². The van der Waals surface area contributed by atoms with Crippen LogP contribution in [0, 0.1) is 11.6 Å². The molecular formula is C18H26F2N2O3. The van der Waals surface area contributed by atoms with Crippen LogP contribution in [0.3, 0.4) is 0 Å². The molecule has 0 saturated carbocycles. The number of likely N-dealkylation sites (tertiary alicyclic amines) is 1. The lowest BCUT2D eigenvalue weighted by Gasteiger charge is -2.33. The molecule has 0 radical (unpaired) electrons. The van der Waals surface area contributed by atoms with Crippen molar-refractivity contribution in [3.63, 3.8) is 0 Å². The average molecular weight is 356 g/mol. The molecule has 1 aromatic carbocycles. The van der Waals surface area contributed by atoms with Gasteiger partial charge in [-0.05, 0) is 39.7 Å². The Morgan fingerprint density at radius 3 is 2.40 bits per heavy atom. The number of rotatable bonds is 4. The zero-order chi connectivity index (χ0) is 18.6. The Hall–Kier alpha value is -1.89. The third-order valence-corrected chi connectivity index (χ3v) is 4.05. The van der Waals surface area contributed by atoms with Gasteiger partial charge < -0.3 is 19.7 Å².